The number of oxazole rings is 2. The smallest absolute Gasteiger partial charge is 0.249 e. The number of anilines is 1. The first-order valence-corrected chi connectivity index (χ1v) is 15.5. The number of ether oxygens (including phenoxy) is 2. The van der Waals surface area contributed by atoms with Gasteiger partial charge >= 0.3 is 0 Å². The highest BCUT2D eigenvalue weighted by Crippen LogP contribution is 2.59. The Morgan fingerprint density at radius 2 is 1.93 bits per heavy atom. The molecule has 4 bridgehead atoms. The van der Waals surface area contributed by atoms with Crippen LogP contribution in [0.15, 0.2) is 57.6 Å². The average Bonchev–Trinajstić information content (AvgIpc) is 3.79. The van der Waals surface area contributed by atoms with Crippen molar-refractivity contribution in [3.63, 3.8) is 0 Å². The third kappa shape index (κ3) is 4.66. The second-order valence-corrected chi connectivity index (χ2v) is 12.8. The Labute approximate surface area is 265 Å². The van der Waals surface area contributed by atoms with E-state index in [1.165, 1.54) is 6.26 Å². The summed E-state index contributed by atoms with van der Waals surface area (Å²) in [4.78, 5) is 36.6. The summed E-state index contributed by atoms with van der Waals surface area (Å²) >= 11 is 0. The highest BCUT2D eigenvalue weighted by atomic mass is 16.5. The van der Waals surface area contributed by atoms with E-state index in [0.29, 0.717) is 22.9 Å². The van der Waals surface area contributed by atoms with Crippen LogP contribution in [0.5, 0.6) is 5.75 Å². The van der Waals surface area contributed by atoms with E-state index in [0.717, 1.165) is 22.4 Å². The van der Waals surface area contributed by atoms with Crippen LogP contribution in [0.3, 0.4) is 0 Å². The van der Waals surface area contributed by atoms with E-state index in [1.807, 2.05) is 56.3 Å². The van der Waals surface area contributed by atoms with Gasteiger partial charge in [0.25, 0.3) is 0 Å². The topological polar surface area (TPSA) is 161 Å². The maximum Gasteiger partial charge on any atom is 0.249 e. The summed E-state index contributed by atoms with van der Waals surface area (Å²) in [5.74, 6) is 0.0843. The van der Waals surface area contributed by atoms with Crippen molar-refractivity contribution in [1.29, 1.82) is 0 Å². The molecule has 5 heterocycles. The molecule has 0 radical (unpaired) electrons. The van der Waals surface area contributed by atoms with Crippen LogP contribution >= 0.6 is 0 Å². The molecule has 0 fully saturated rings. The summed E-state index contributed by atoms with van der Waals surface area (Å²) in [6.07, 6.45) is -0.154. The number of nitrogens with zero attached hydrogens (tertiary/aromatic N) is 2. The Bertz CT molecular complexity index is 1810. The van der Waals surface area contributed by atoms with Gasteiger partial charge in [0, 0.05) is 24.8 Å². The molecule has 12 heteroatoms. The van der Waals surface area contributed by atoms with Crippen LogP contribution in [0.25, 0.3) is 11.6 Å². The summed E-state index contributed by atoms with van der Waals surface area (Å²) in [6, 6.07) is 12.0. The van der Waals surface area contributed by atoms with Crippen LogP contribution in [0.4, 0.5) is 5.69 Å². The Kier molecular flexibility index (Phi) is 7.36. The normalized spacial score (nSPS) is 23.5. The van der Waals surface area contributed by atoms with Crippen LogP contribution in [0.2, 0.25) is 0 Å². The van der Waals surface area contributed by atoms with Gasteiger partial charge in [0.05, 0.1) is 6.61 Å². The average molecular weight is 628 g/mol. The number of rotatable bonds is 7. The van der Waals surface area contributed by atoms with Crippen LogP contribution < -0.4 is 20.7 Å². The van der Waals surface area contributed by atoms with E-state index in [9.17, 15) is 14.7 Å². The first kappa shape index (κ1) is 30.0. The number of amides is 2. The molecule has 1 spiro atoms. The second-order valence-electron chi connectivity index (χ2n) is 12.8. The quantitative estimate of drug-likeness (QED) is 0.237. The lowest BCUT2D eigenvalue weighted by Gasteiger charge is -2.29. The van der Waals surface area contributed by atoms with Gasteiger partial charge in [-0.1, -0.05) is 58.0 Å². The fraction of sp³-hybridized carbons (Fsp3) is 0.412. The molecule has 7 rings (SSSR count). The number of methoxy groups -OCH3 is 1. The van der Waals surface area contributed by atoms with Crippen molar-refractivity contribution in [1.82, 2.24) is 20.6 Å². The first-order valence-electron chi connectivity index (χ1n) is 15.5. The van der Waals surface area contributed by atoms with Gasteiger partial charge in [0.15, 0.2) is 17.7 Å². The van der Waals surface area contributed by atoms with E-state index >= 15 is 0 Å². The number of aliphatic hydroxyl groups excluding tert-OH is 1. The molecular weight excluding hydrogens is 590 g/mol. The van der Waals surface area contributed by atoms with Gasteiger partial charge in [0.2, 0.25) is 23.6 Å². The molecule has 3 aliphatic rings. The minimum Gasteiger partial charge on any atom is -0.469 e. The van der Waals surface area contributed by atoms with Crippen molar-refractivity contribution >= 4 is 17.5 Å². The van der Waals surface area contributed by atoms with Crippen molar-refractivity contribution in [3.05, 3.63) is 82.8 Å². The molecule has 46 heavy (non-hydrogen) atoms. The van der Waals surface area contributed by atoms with Crippen molar-refractivity contribution < 1.29 is 33.0 Å². The summed E-state index contributed by atoms with van der Waals surface area (Å²) in [7, 11) is 1.58. The van der Waals surface area contributed by atoms with Gasteiger partial charge in [-0.2, -0.15) is 0 Å². The lowest BCUT2D eigenvalue weighted by Crippen LogP contribution is -2.52. The Hall–Kier alpha value is -4.68. The van der Waals surface area contributed by atoms with Gasteiger partial charge in [-0.15, -0.1) is 0 Å². The van der Waals surface area contributed by atoms with Crippen molar-refractivity contribution in [2.24, 2.45) is 11.8 Å². The second kappa shape index (κ2) is 11.3. The number of aliphatic hydroxyl groups is 1. The third-order valence-electron chi connectivity index (χ3n) is 9.00. The molecule has 2 aromatic carbocycles. The summed E-state index contributed by atoms with van der Waals surface area (Å²) in [6.45, 7) is 7.64. The van der Waals surface area contributed by atoms with Gasteiger partial charge in [-0.25, -0.2) is 9.97 Å². The predicted octanol–water partition coefficient (Wildman–Crippen LogP) is 3.83. The zero-order valence-corrected chi connectivity index (χ0v) is 26.3. The number of carbonyl (C=O) groups is 2. The molecule has 0 aliphatic carbocycles. The predicted molar refractivity (Wildman–Crippen MR) is 166 cm³/mol. The number of hydrogen-bond donors (Lipinski definition) is 4. The monoisotopic (exact) mass is 627 g/mol. The fourth-order valence-electron chi connectivity index (χ4n) is 6.64. The zero-order valence-electron chi connectivity index (χ0n) is 26.3. The Balaban J connectivity index is 1.47. The van der Waals surface area contributed by atoms with Crippen LogP contribution in [-0.4, -0.2) is 52.4 Å². The van der Waals surface area contributed by atoms with E-state index in [2.05, 4.69) is 20.9 Å². The SMILES string of the molecule is COCc1coc(-c2nc3oc2C24c5ccccc5N[C@H]2Oc2ccc(cc24)C[C@H](NC(=O)[C@@H](O)C(C)C)C(=O)N[C@H]3C(C)C)n1. The lowest BCUT2D eigenvalue weighted by atomic mass is 9.72. The van der Waals surface area contributed by atoms with Crippen LogP contribution in [0, 0.1) is 11.8 Å². The number of benzene rings is 2. The lowest BCUT2D eigenvalue weighted by molar-refractivity contribution is -0.135. The van der Waals surface area contributed by atoms with Crippen LogP contribution in [0.1, 0.15) is 67.8 Å². The van der Waals surface area contributed by atoms with Gasteiger partial charge in [-0.3, -0.25) is 9.59 Å². The molecule has 4 aromatic rings. The van der Waals surface area contributed by atoms with E-state index in [4.69, 9.17) is 23.3 Å². The van der Waals surface area contributed by atoms with Crippen molar-refractivity contribution in [3.8, 4) is 17.3 Å². The van der Waals surface area contributed by atoms with E-state index in [1.54, 1.807) is 21.0 Å². The molecule has 0 saturated heterocycles. The molecule has 1 unspecified atom stereocenters. The third-order valence-corrected chi connectivity index (χ3v) is 9.00. The minimum atomic E-state index is -1.27. The summed E-state index contributed by atoms with van der Waals surface area (Å²) < 4.78 is 24.6. The molecule has 2 aromatic heterocycles. The van der Waals surface area contributed by atoms with E-state index in [-0.39, 0.29) is 36.6 Å². The summed E-state index contributed by atoms with van der Waals surface area (Å²) in [5, 5.41) is 19.9. The van der Waals surface area contributed by atoms with Gasteiger partial charge < -0.3 is 39.4 Å². The molecule has 240 valence electrons. The van der Waals surface area contributed by atoms with Crippen molar-refractivity contribution in [2.45, 2.75) is 70.6 Å². The molecule has 2 amide bonds. The maximum atomic E-state index is 13.9. The molecular formula is C34H37N5O7. The number of carbonyl (C=O) groups excluding carboxylic acids is 2. The van der Waals surface area contributed by atoms with E-state index < -0.39 is 41.6 Å². The number of fused-ring (bicyclic) bond motifs is 4. The minimum absolute atomic E-state index is 0.159. The summed E-state index contributed by atoms with van der Waals surface area (Å²) in [5.41, 5.74) is 3.37. The first-order chi connectivity index (χ1) is 22.1. The number of nitrogens with one attached hydrogen (secondary N) is 3. The Morgan fingerprint density at radius 3 is 2.70 bits per heavy atom. The Morgan fingerprint density at radius 1 is 1.13 bits per heavy atom. The number of para-hydroxylation sites is 1. The molecule has 4 N–H and O–H groups in total. The number of aromatic nitrogens is 2. The maximum absolute atomic E-state index is 13.9. The highest BCUT2D eigenvalue weighted by molar-refractivity contribution is 5.90. The number of hydrogen-bond acceptors (Lipinski definition) is 10. The molecule has 3 aliphatic heterocycles. The molecule has 5 atom stereocenters. The van der Waals surface area contributed by atoms with Crippen molar-refractivity contribution in [2.75, 3.05) is 12.4 Å². The molecule has 12 nitrogen and oxygen atoms in total. The molecule has 0 saturated carbocycles. The largest absolute Gasteiger partial charge is 0.469 e. The standard InChI is InChI=1S/C34H37N5O7/c1-16(2)25-32-39-26(31-35-19(14-43-5)15-44-31)28(46-32)34-20-8-6-7-9-22(20)37-33(34)45-24-11-10-18(12-21(24)34)13-23(29(41)38-25)36-30(42)27(40)17(3)4/h6-12,15-17,23,25,27,33,37,40H,13-14H2,1-5H3,(H,36,42)(H,38,41)/t23-,25-,27-,33-,34?/m0/s1. The van der Waals surface area contributed by atoms with Crippen LogP contribution in [-0.2, 0) is 32.8 Å². The zero-order chi connectivity index (χ0) is 32.3. The van der Waals surface area contributed by atoms with Gasteiger partial charge in [0.1, 0.15) is 41.3 Å². The van der Waals surface area contributed by atoms with Gasteiger partial charge in [-0.05, 0) is 35.1 Å². The highest BCUT2D eigenvalue weighted by Gasteiger charge is 2.61. The fourth-order valence-corrected chi connectivity index (χ4v) is 6.64.